The number of benzene rings is 1. The Labute approximate surface area is 139 Å². The molecule has 118 valence electrons. The molecular formula is C14H9N7O2S. The molecule has 0 radical (unpaired) electrons. The molecule has 0 atom stereocenters. The highest BCUT2D eigenvalue weighted by Gasteiger charge is 2.15. The van der Waals surface area contributed by atoms with Gasteiger partial charge in [0.05, 0.1) is 4.92 Å². The van der Waals surface area contributed by atoms with Crippen molar-refractivity contribution in [3.63, 3.8) is 0 Å². The van der Waals surface area contributed by atoms with Gasteiger partial charge in [0.15, 0.2) is 0 Å². The lowest BCUT2D eigenvalue weighted by Crippen LogP contribution is -1.98. The number of thiophene rings is 1. The quantitative estimate of drug-likeness (QED) is 0.414. The van der Waals surface area contributed by atoms with Crippen LogP contribution in [-0.2, 0) is 0 Å². The first-order valence-electron chi connectivity index (χ1n) is 6.62. The number of hydrogen-bond acceptors (Lipinski definition) is 8. The third kappa shape index (κ3) is 3.11. The van der Waals surface area contributed by atoms with Crippen molar-refractivity contribution in [1.82, 2.24) is 20.6 Å². The van der Waals surface area contributed by atoms with Gasteiger partial charge in [-0.1, -0.05) is 6.07 Å². The molecule has 2 aromatic heterocycles. The molecule has 9 nitrogen and oxygen atoms in total. The fraction of sp³-hybridized carbons (Fsp3) is 0. The molecule has 2 heterocycles. The highest BCUT2D eigenvalue weighted by molar-refractivity contribution is 7.13. The van der Waals surface area contributed by atoms with E-state index in [1.807, 2.05) is 23.6 Å². The third-order valence-electron chi connectivity index (χ3n) is 3.08. The van der Waals surface area contributed by atoms with Crippen LogP contribution in [0.2, 0.25) is 0 Å². The van der Waals surface area contributed by atoms with Crippen LogP contribution in [0.4, 0.5) is 11.4 Å². The number of tetrazole rings is 1. The smallest absolute Gasteiger partial charge is 0.292 e. The molecule has 0 saturated carbocycles. The van der Waals surface area contributed by atoms with Crippen molar-refractivity contribution in [3.05, 3.63) is 57.9 Å². The van der Waals surface area contributed by atoms with Gasteiger partial charge in [0.1, 0.15) is 17.3 Å². The van der Waals surface area contributed by atoms with Crippen LogP contribution < -0.4 is 5.32 Å². The minimum atomic E-state index is -0.491. The lowest BCUT2D eigenvalue weighted by Gasteiger charge is -2.05. The Bertz CT molecular complexity index is 927. The maximum absolute atomic E-state index is 11.2. The number of H-pyrrole nitrogens is 1. The zero-order valence-electron chi connectivity index (χ0n) is 12.0. The highest BCUT2D eigenvalue weighted by Crippen LogP contribution is 2.32. The monoisotopic (exact) mass is 339 g/mol. The van der Waals surface area contributed by atoms with Crippen molar-refractivity contribution in [3.8, 4) is 16.5 Å². The lowest BCUT2D eigenvalue weighted by atomic mass is 10.1. The standard InChI is InChI=1S/C14H9N7O2S/c15-7-10(14-17-19-20-18-14)8-16-11-6-9(13-2-1-5-24-13)3-4-12(11)21(22)23/h1-6,8,16H,(H,17,18,19,20). The summed E-state index contributed by atoms with van der Waals surface area (Å²) in [6.45, 7) is 0. The zero-order valence-corrected chi connectivity index (χ0v) is 12.8. The predicted molar refractivity (Wildman–Crippen MR) is 87.8 cm³/mol. The molecule has 0 aliphatic rings. The summed E-state index contributed by atoms with van der Waals surface area (Å²) in [5, 5.41) is 38.1. The van der Waals surface area contributed by atoms with Gasteiger partial charge in [-0.05, 0) is 34.4 Å². The molecule has 0 unspecified atom stereocenters. The summed E-state index contributed by atoms with van der Waals surface area (Å²) < 4.78 is 0. The molecule has 0 saturated heterocycles. The molecule has 0 bridgehead atoms. The number of anilines is 1. The summed E-state index contributed by atoms with van der Waals surface area (Å²) in [5.74, 6) is 0.0991. The molecule has 0 aliphatic carbocycles. The number of nitrogens with one attached hydrogen (secondary N) is 2. The van der Waals surface area contributed by atoms with Crippen molar-refractivity contribution in [2.75, 3.05) is 5.32 Å². The van der Waals surface area contributed by atoms with E-state index >= 15 is 0 Å². The van der Waals surface area contributed by atoms with E-state index in [2.05, 4.69) is 25.9 Å². The summed E-state index contributed by atoms with van der Waals surface area (Å²) in [7, 11) is 0. The Hall–Kier alpha value is -3.58. The second-order valence-corrected chi connectivity index (χ2v) is 5.46. The molecule has 10 heteroatoms. The van der Waals surface area contributed by atoms with Crippen LogP contribution in [0.3, 0.4) is 0 Å². The topological polar surface area (TPSA) is 133 Å². The molecule has 24 heavy (non-hydrogen) atoms. The Kier molecular flexibility index (Phi) is 4.26. The Morgan fingerprint density at radius 1 is 1.46 bits per heavy atom. The number of aromatic nitrogens is 4. The Morgan fingerprint density at radius 3 is 2.96 bits per heavy atom. The second-order valence-electron chi connectivity index (χ2n) is 4.52. The maximum Gasteiger partial charge on any atom is 0.292 e. The van der Waals surface area contributed by atoms with E-state index < -0.39 is 4.92 Å². The van der Waals surface area contributed by atoms with Crippen LogP contribution in [0.5, 0.6) is 0 Å². The van der Waals surface area contributed by atoms with Crippen molar-refractivity contribution in [1.29, 1.82) is 5.26 Å². The van der Waals surface area contributed by atoms with Crippen LogP contribution in [-0.4, -0.2) is 25.5 Å². The summed E-state index contributed by atoms with van der Waals surface area (Å²) in [6.07, 6.45) is 1.31. The van der Waals surface area contributed by atoms with Crippen LogP contribution in [0.1, 0.15) is 5.82 Å². The van der Waals surface area contributed by atoms with E-state index in [1.165, 1.54) is 23.6 Å². The number of nitro groups is 1. The predicted octanol–water partition coefficient (Wildman–Crippen LogP) is 2.81. The van der Waals surface area contributed by atoms with Crippen molar-refractivity contribution in [2.24, 2.45) is 0 Å². The van der Waals surface area contributed by atoms with Gasteiger partial charge in [0, 0.05) is 17.1 Å². The van der Waals surface area contributed by atoms with Gasteiger partial charge in [0.2, 0.25) is 5.82 Å². The number of nitro benzene ring substituents is 1. The van der Waals surface area contributed by atoms with Crippen LogP contribution in [0.15, 0.2) is 41.9 Å². The first-order valence-corrected chi connectivity index (χ1v) is 7.50. The first-order chi connectivity index (χ1) is 11.7. The molecule has 1 aromatic carbocycles. The van der Waals surface area contributed by atoms with Crippen molar-refractivity contribution < 1.29 is 4.92 Å². The average molecular weight is 339 g/mol. The average Bonchev–Trinajstić information content (AvgIpc) is 3.29. The van der Waals surface area contributed by atoms with Gasteiger partial charge in [-0.25, -0.2) is 0 Å². The molecule has 3 aromatic rings. The molecule has 2 N–H and O–H groups in total. The molecule has 0 amide bonds. The Balaban J connectivity index is 1.97. The number of hydrogen-bond donors (Lipinski definition) is 2. The number of allylic oxidation sites excluding steroid dienone is 1. The van der Waals surface area contributed by atoms with E-state index in [1.54, 1.807) is 12.1 Å². The van der Waals surface area contributed by atoms with E-state index in [4.69, 9.17) is 5.26 Å². The summed E-state index contributed by atoms with van der Waals surface area (Å²) in [5.41, 5.74) is 1.10. The highest BCUT2D eigenvalue weighted by atomic mass is 32.1. The van der Waals surface area contributed by atoms with Gasteiger partial charge in [-0.15, -0.1) is 21.5 Å². The molecule has 3 rings (SSSR count). The number of aromatic amines is 1. The summed E-state index contributed by atoms with van der Waals surface area (Å²) >= 11 is 1.53. The molecular weight excluding hydrogens is 330 g/mol. The zero-order chi connectivity index (χ0) is 16.9. The number of rotatable bonds is 5. The fourth-order valence-corrected chi connectivity index (χ4v) is 2.70. The minimum Gasteiger partial charge on any atom is -0.355 e. The molecule has 0 aliphatic heterocycles. The first kappa shape index (κ1) is 15.3. The van der Waals surface area contributed by atoms with Gasteiger partial charge in [0.25, 0.3) is 5.69 Å². The minimum absolute atomic E-state index is 0.0968. The largest absolute Gasteiger partial charge is 0.355 e. The van der Waals surface area contributed by atoms with E-state index in [9.17, 15) is 10.1 Å². The normalized spacial score (nSPS) is 11.0. The second kappa shape index (κ2) is 6.67. The number of nitriles is 1. The SMILES string of the molecule is N#CC(=CNc1cc(-c2cccs2)ccc1[N+](=O)[O-])c1nn[nH]n1. The lowest BCUT2D eigenvalue weighted by molar-refractivity contribution is -0.383. The van der Waals surface area contributed by atoms with Crippen LogP contribution in [0, 0.1) is 21.4 Å². The summed E-state index contributed by atoms with van der Waals surface area (Å²) in [4.78, 5) is 11.7. The Morgan fingerprint density at radius 2 is 2.33 bits per heavy atom. The molecule has 0 fully saturated rings. The van der Waals surface area contributed by atoms with Crippen LogP contribution in [0.25, 0.3) is 16.0 Å². The fourth-order valence-electron chi connectivity index (χ4n) is 1.98. The third-order valence-corrected chi connectivity index (χ3v) is 4.00. The maximum atomic E-state index is 11.2. The molecule has 0 spiro atoms. The van der Waals surface area contributed by atoms with Crippen LogP contribution >= 0.6 is 11.3 Å². The van der Waals surface area contributed by atoms with E-state index in [0.717, 1.165) is 10.4 Å². The van der Waals surface area contributed by atoms with Gasteiger partial charge >= 0.3 is 0 Å². The van der Waals surface area contributed by atoms with Crippen molar-refractivity contribution >= 4 is 28.3 Å². The van der Waals surface area contributed by atoms with E-state index in [0.29, 0.717) is 0 Å². The van der Waals surface area contributed by atoms with E-state index in [-0.39, 0.29) is 22.8 Å². The summed E-state index contributed by atoms with van der Waals surface area (Å²) in [6, 6.07) is 10.5. The van der Waals surface area contributed by atoms with Gasteiger partial charge in [-0.3, -0.25) is 10.1 Å². The van der Waals surface area contributed by atoms with Crippen molar-refractivity contribution in [2.45, 2.75) is 0 Å². The van der Waals surface area contributed by atoms with Gasteiger partial charge < -0.3 is 5.32 Å². The number of nitrogens with zero attached hydrogens (tertiary/aromatic N) is 5. The van der Waals surface area contributed by atoms with Gasteiger partial charge in [-0.2, -0.15) is 10.5 Å².